The van der Waals surface area contributed by atoms with Crippen LogP contribution < -0.4 is 4.74 Å². The Morgan fingerprint density at radius 3 is 2.58 bits per heavy atom. The Morgan fingerprint density at radius 2 is 2.05 bits per heavy atom. The van der Waals surface area contributed by atoms with Crippen molar-refractivity contribution in [2.45, 2.75) is 32.1 Å². The first-order valence-electron chi connectivity index (χ1n) is 6.65. The van der Waals surface area contributed by atoms with Crippen LogP contribution in [0, 0.1) is 17.7 Å². The molecule has 1 aromatic carbocycles. The molecule has 0 bridgehead atoms. The predicted molar refractivity (Wildman–Crippen MR) is 69.7 cm³/mol. The van der Waals surface area contributed by atoms with Crippen LogP contribution in [0.5, 0.6) is 5.75 Å². The third-order valence-corrected chi connectivity index (χ3v) is 3.94. The van der Waals surface area contributed by atoms with Gasteiger partial charge >= 0.3 is 5.97 Å². The third-order valence-electron chi connectivity index (χ3n) is 3.94. The smallest absolute Gasteiger partial charge is 0.306 e. The zero-order valence-corrected chi connectivity index (χ0v) is 11.1. The fourth-order valence-corrected chi connectivity index (χ4v) is 2.78. The Bertz CT molecular complexity index is 451. The van der Waals surface area contributed by atoms with Crippen LogP contribution in [0.4, 0.5) is 4.39 Å². The summed E-state index contributed by atoms with van der Waals surface area (Å²) in [5.74, 6) is -0.487. The van der Waals surface area contributed by atoms with Crippen molar-refractivity contribution >= 4 is 5.97 Å². The number of carboxylic acid groups (broad SMARTS) is 1. The number of hydrogen-bond donors (Lipinski definition) is 1. The zero-order valence-electron chi connectivity index (χ0n) is 11.1. The minimum Gasteiger partial charge on any atom is -0.494 e. The first-order chi connectivity index (χ1) is 9.10. The monoisotopic (exact) mass is 266 g/mol. The van der Waals surface area contributed by atoms with Crippen molar-refractivity contribution in [2.24, 2.45) is 11.8 Å². The lowest BCUT2D eigenvalue weighted by molar-refractivity contribution is -0.143. The highest BCUT2D eigenvalue weighted by Gasteiger charge is 2.25. The van der Waals surface area contributed by atoms with E-state index in [1.54, 1.807) is 6.07 Å². The number of ether oxygens (including phenoxy) is 1. The molecule has 4 heteroatoms. The Labute approximate surface area is 112 Å². The Morgan fingerprint density at radius 1 is 1.37 bits per heavy atom. The van der Waals surface area contributed by atoms with Crippen LogP contribution in [0.15, 0.2) is 18.2 Å². The molecule has 1 saturated carbocycles. The number of methoxy groups -OCH3 is 1. The summed E-state index contributed by atoms with van der Waals surface area (Å²) in [6.45, 7) is 0. The molecule has 2 rings (SSSR count). The molecule has 1 fully saturated rings. The highest BCUT2D eigenvalue weighted by molar-refractivity contribution is 5.69. The van der Waals surface area contributed by atoms with Crippen LogP contribution in [0.3, 0.4) is 0 Å². The van der Waals surface area contributed by atoms with Gasteiger partial charge in [0, 0.05) is 0 Å². The highest BCUT2D eigenvalue weighted by Crippen LogP contribution is 2.31. The summed E-state index contributed by atoms with van der Waals surface area (Å²) in [5, 5.41) is 8.94. The molecule has 3 nitrogen and oxygen atoms in total. The molecular weight excluding hydrogens is 247 g/mol. The third kappa shape index (κ3) is 3.46. The minimum absolute atomic E-state index is 0.191. The van der Waals surface area contributed by atoms with E-state index in [1.807, 2.05) is 6.07 Å². The standard InChI is InChI=1S/C15H19FO3/c1-19-14-7-4-11(9-13(14)16)8-10-2-5-12(6-3-10)15(17)18/h4,7,9-10,12H,2-3,5-6,8H2,1H3,(H,17,18). The molecule has 1 aliphatic carbocycles. The molecule has 0 atom stereocenters. The highest BCUT2D eigenvalue weighted by atomic mass is 19.1. The van der Waals surface area contributed by atoms with Crippen LogP contribution in [0.2, 0.25) is 0 Å². The molecular formula is C15H19FO3. The second kappa shape index (κ2) is 6.04. The number of hydrogen-bond acceptors (Lipinski definition) is 2. The molecule has 0 aliphatic heterocycles. The summed E-state index contributed by atoms with van der Waals surface area (Å²) in [4.78, 5) is 10.9. The Hall–Kier alpha value is -1.58. The molecule has 0 heterocycles. The van der Waals surface area contributed by atoms with E-state index in [2.05, 4.69) is 0 Å². The first-order valence-corrected chi connectivity index (χ1v) is 6.65. The average molecular weight is 266 g/mol. The van der Waals surface area contributed by atoms with Crippen LogP contribution in [0.25, 0.3) is 0 Å². The fourth-order valence-electron chi connectivity index (χ4n) is 2.78. The quantitative estimate of drug-likeness (QED) is 0.909. The van der Waals surface area contributed by atoms with Gasteiger partial charge in [0.15, 0.2) is 11.6 Å². The van der Waals surface area contributed by atoms with Crippen molar-refractivity contribution in [2.75, 3.05) is 7.11 Å². The van der Waals surface area contributed by atoms with Crippen LogP contribution in [-0.4, -0.2) is 18.2 Å². The number of halogens is 1. The average Bonchev–Trinajstić information content (AvgIpc) is 2.39. The number of carbonyl (C=O) groups is 1. The van der Waals surface area contributed by atoms with E-state index in [-0.39, 0.29) is 17.5 Å². The normalized spacial score (nSPS) is 23.1. The summed E-state index contributed by atoms with van der Waals surface area (Å²) >= 11 is 0. The van der Waals surface area contributed by atoms with Gasteiger partial charge in [-0.25, -0.2) is 4.39 Å². The molecule has 1 aliphatic rings. The molecule has 0 amide bonds. The van der Waals surface area contributed by atoms with Gasteiger partial charge in [-0.1, -0.05) is 6.07 Å². The van der Waals surface area contributed by atoms with E-state index in [0.29, 0.717) is 5.92 Å². The van der Waals surface area contributed by atoms with E-state index in [9.17, 15) is 9.18 Å². The van der Waals surface area contributed by atoms with Crippen LogP contribution in [0.1, 0.15) is 31.2 Å². The lowest BCUT2D eigenvalue weighted by Gasteiger charge is -2.26. The van der Waals surface area contributed by atoms with Crippen LogP contribution >= 0.6 is 0 Å². The van der Waals surface area contributed by atoms with Gasteiger partial charge in [-0.05, 0) is 55.7 Å². The van der Waals surface area contributed by atoms with Crippen molar-refractivity contribution in [3.8, 4) is 5.75 Å². The summed E-state index contributed by atoms with van der Waals surface area (Å²) in [6.07, 6.45) is 4.10. The molecule has 0 unspecified atom stereocenters. The van der Waals surface area contributed by atoms with Gasteiger partial charge in [-0.15, -0.1) is 0 Å². The second-order valence-electron chi connectivity index (χ2n) is 5.23. The second-order valence-corrected chi connectivity index (χ2v) is 5.23. The minimum atomic E-state index is -0.686. The summed E-state index contributed by atoms with van der Waals surface area (Å²) < 4.78 is 18.5. The predicted octanol–water partition coefficient (Wildman–Crippen LogP) is 3.27. The van der Waals surface area contributed by atoms with Crippen molar-refractivity contribution in [3.63, 3.8) is 0 Å². The molecule has 0 spiro atoms. The number of carboxylic acids is 1. The molecule has 0 saturated heterocycles. The van der Waals surface area contributed by atoms with Gasteiger partial charge in [0.2, 0.25) is 0 Å². The molecule has 1 aromatic rings. The SMILES string of the molecule is COc1ccc(CC2CCC(C(=O)O)CC2)cc1F. The van der Waals surface area contributed by atoms with Gasteiger partial charge in [-0.3, -0.25) is 4.79 Å². The number of aliphatic carboxylic acids is 1. The number of benzene rings is 1. The van der Waals surface area contributed by atoms with E-state index < -0.39 is 5.97 Å². The van der Waals surface area contributed by atoms with Crippen molar-refractivity contribution in [1.82, 2.24) is 0 Å². The van der Waals surface area contributed by atoms with Crippen molar-refractivity contribution in [3.05, 3.63) is 29.6 Å². The maximum Gasteiger partial charge on any atom is 0.306 e. The van der Waals surface area contributed by atoms with Crippen molar-refractivity contribution < 1.29 is 19.0 Å². The van der Waals surface area contributed by atoms with Crippen molar-refractivity contribution in [1.29, 1.82) is 0 Å². The maximum absolute atomic E-state index is 13.6. The van der Waals surface area contributed by atoms with E-state index >= 15 is 0 Å². The molecule has 19 heavy (non-hydrogen) atoms. The van der Waals surface area contributed by atoms with E-state index in [1.165, 1.54) is 13.2 Å². The van der Waals surface area contributed by atoms with Gasteiger partial charge < -0.3 is 9.84 Å². The summed E-state index contributed by atoms with van der Waals surface area (Å²) in [6, 6.07) is 5.04. The Balaban J connectivity index is 1.92. The largest absolute Gasteiger partial charge is 0.494 e. The summed E-state index contributed by atoms with van der Waals surface area (Å²) in [7, 11) is 1.45. The van der Waals surface area contributed by atoms with E-state index in [4.69, 9.17) is 9.84 Å². The summed E-state index contributed by atoms with van der Waals surface area (Å²) in [5.41, 5.74) is 0.956. The number of rotatable bonds is 4. The molecule has 0 aromatic heterocycles. The van der Waals surface area contributed by atoms with Gasteiger partial charge in [0.1, 0.15) is 0 Å². The molecule has 0 radical (unpaired) electrons. The lowest BCUT2D eigenvalue weighted by atomic mass is 9.79. The van der Waals surface area contributed by atoms with Gasteiger partial charge in [0.05, 0.1) is 13.0 Å². The van der Waals surface area contributed by atoms with Gasteiger partial charge in [0.25, 0.3) is 0 Å². The lowest BCUT2D eigenvalue weighted by Crippen LogP contribution is -2.22. The maximum atomic E-state index is 13.6. The van der Waals surface area contributed by atoms with Gasteiger partial charge in [-0.2, -0.15) is 0 Å². The van der Waals surface area contributed by atoms with Crippen LogP contribution in [-0.2, 0) is 11.2 Å². The van der Waals surface area contributed by atoms with E-state index in [0.717, 1.165) is 37.7 Å². The Kier molecular flexibility index (Phi) is 4.40. The fraction of sp³-hybridized carbons (Fsp3) is 0.533. The molecule has 104 valence electrons. The first kappa shape index (κ1) is 13.8. The topological polar surface area (TPSA) is 46.5 Å². The molecule has 1 N–H and O–H groups in total. The zero-order chi connectivity index (χ0) is 13.8.